The second-order valence-electron chi connectivity index (χ2n) is 8.70. The maximum atomic E-state index is 13.4. The van der Waals surface area contributed by atoms with Crippen molar-refractivity contribution in [2.45, 2.75) is 26.4 Å². The Morgan fingerprint density at radius 1 is 1.12 bits per heavy atom. The van der Waals surface area contributed by atoms with Crippen molar-refractivity contribution in [3.8, 4) is 0 Å². The van der Waals surface area contributed by atoms with Gasteiger partial charge in [0.15, 0.2) is 0 Å². The van der Waals surface area contributed by atoms with Gasteiger partial charge in [-0.2, -0.15) is 0 Å². The number of rotatable bonds is 4. The topological polar surface area (TPSA) is 84.3 Å². The molecule has 0 saturated heterocycles. The van der Waals surface area contributed by atoms with Crippen molar-refractivity contribution in [2.24, 2.45) is 7.05 Å². The van der Waals surface area contributed by atoms with Gasteiger partial charge in [-0.15, -0.1) is 0 Å². The first-order valence-electron chi connectivity index (χ1n) is 10.9. The number of sulfonamides is 1. The normalized spacial score (nSPS) is 14.1. The first-order chi connectivity index (χ1) is 15.7. The fourth-order valence-electron chi connectivity index (χ4n) is 4.82. The van der Waals surface area contributed by atoms with Crippen molar-refractivity contribution in [3.63, 3.8) is 0 Å². The van der Waals surface area contributed by atoms with E-state index in [0.717, 1.165) is 50.4 Å². The number of fused-ring (bicyclic) bond motifs is 4. The largest absolute Gasteiger partial charge is 0.344 e. The summed E-state index contributed by atoms with van der Waals surface area (Å²) in [5, 5.41) is 2.21. The van der Waals surface area contributed by atoms with E-state index in [4.69, 9.17) is 0 Å². The van der Waals surface area contributed by atoms with Crippen LogP contribution in [0.15, 0.2) is 48.7 Å². The summed E-state index contributed by atoms with van der Waals surface area (Å²) < 4.78 is 27.9. The minimum Gasteiger partial charge on any atom is -0.344 e. The average Bonchev–Trinajstić information content (AvgIpc) is 3.09. The van der Waals surface area contributed by atoms with Crippen LogP contribution in [0.25, 0.3) is 21.8 Å². The second kappa shape index (κ2) is 7.97. The van der Waals surface area contributed by atoms with Gasteiger partial charge in [0, 0.05) is 65.9 Å². The smallest absolute Gasteiger partial charge is 0.254 e. The summed E-state index contributed by atoms with van der Waals surface area (Å²) in [6.07, 6.45) is 3.63. The van der Waals surface area contributed by atoms with Crippen molar-refractivity contribution >= 4 is 37.7 Å². The van der Waals surface area contributed by atoms with E-state index in [2.05, 4.69) is 26.4 Å². The number of amides is 1. The van der Waals surface area contributed by atoms with Gasteiger partial charge in [-0.3, -0.25) is 9.78 Å². The van der Waals surface area contributed by atoms with E-state index < -0.39 is 10.0 Å². The summed E-state index contributed by atoms with van der Waals surface area (Å²) in [6, 6.07) is 14.1. The minimum atomic E-state index is -3.30. The lowest BCUT2D eigenvalue weighted by atomic mass is 9.94. The Labute approximate surface area is 193 Å². The molecule has 0 unspecified atom stereocenters. The summed E-state index contributed by atoms with van der Waals surface area (Å²) in [6.45, 7) is 3.14. The van der Waals surface area contributed by atoms with Crippen LogP contribution < -0.4 is 4.72 Å². The third kappa shape index (κ3) is 3.89. The Kier molecular flexibility index (Phi) is 5.22. The number of hydrogen-bond acceptors (Lipinski definition) is 4. The number of benzene rings is 2. The highest BCUT2D eigenvalue weighted by molar-refractivity contribution is 7.88. The number of aryl methyl sites for hydroxylation is 2. The molecule has 33 heavy (non-hydrogen) atoms. The lowest BCUT2D eigenvalue weighted by molar-refractivity contribution is 0.0734. The molecular formula is C25H26N4O3S. The zero-order valence-electron chi connectivity index (χ0n) is 18.9. The van der Waals surface area contributed by atoms with Crippen LogP contribution in [0.2, 0.25) is 0 Å². The van der Waals surface area contributed by atoms with E-state index >= 15 is 0 Å². The van der Waals surface area contributed by atoms with Gasteiger partial charge in [-0.05, 0) is 54.3 Å². The number of hydrogen-bond donors (Lipinski definition) is 1. The van der Waals surface area contributed by atoms with Gasteiger partial charge in [0.05, 0.1) is 6.26 Å². The predicted molar refractivity (Wildman–Crippen MR) is 130 cm³/mol. The second-order valence-corrected chi connectivity index (χ2v) is 10.5. The van der Waals surface area contributed by atoms with Gasteiger partial charge in [0.25, 0.3) is 5.91 Å². The van der Waals surface area contributed by atoms with Crippen LogP contribution in [0.3, 0.4) is 0 Å². The molecule has 1 amide bonds. The number of para-hydroxylation sites is 1. The summed E-state index contributed by atoms with van der Waals surface area (Å²) >= 11 is 0. The summed E-state index contributed by atoms with van der Waals surface area (Å²) in [4.78, 5) is 19.7. The van der Waals surface area contributed by atoms with Crippen LogP contribution in [0.4, 0.5) is 0 Å². The summed E-state index contributed by atoms with van der Waals surface area (Å²) in [5.41, 5.74) is 6.68. The molecule has 8 heteroatoms. The Bertz CT molecular complexity index is 1520. The molecule has 1 aliphatic rings. The van der Waals surface area contributed by atoms with E-state index in [1.54, 1.807) is 0 Å². The molecule has 5 rings (SSSR count). The third-order valence-corrected chi connectivity index (χ3v) is 7.22. The van der Waals surface area contributed by atoms with E-state index in [1.807, 2.05) is 55.4 Å². The first kappa shape index (κ1) is 21.6. The van der Waals surface area contributed by atoms with Gasteiger partial charge in [-0.1, -0.05) is 18.2 Å². The Morgan fingerprint density at radius 3 is 2.67 bits per heavy atom. The number of nitrogens with one attached hydrogen (secondary N) is 1. The monoisotopic (exact) mass is 462 g/mol. The quantitative estimate of drug-likeness (QED) is 0.504. The zero-order chi connectivity index (χ0) is 23.3. The molecule has 3 heterocycles. The zero-order valence-corrected chi connectivity index (χ0v) is 19.7. The maximum absolute atomic E-state index is 13.4. The van der Waals surface area contributed by atoms with Crippen molar-refractivity contribution < 1.29 is 13.2 Å². The fraction of sp³-hybridized carbons (Fsp3) is 0.280. The summed E-state index contributed by atoms with van der Waals surface area (Å²) in [5.74, 6) is -0.00753. The fourth-order valence-corrected chi connectivity index (χ4v) is 5.22. The van der Waals surface area contributed by atoms with Crippen LogP contribution in [-0.4, -0.2) is 41.6 Å². The molecule has 7 nitrogen and oxygen atoms in total. The molecular weight excluding hydrogens is 436 g/mol. The predicted octanol–water partition coefficient (Wildman–Crippen LogP) is 3.28. The number of carbonyl (C=O) groups is 1. The van der Waals surface area contributed by atoms with Gasteiger partial charge >= 0.3 is 0 Å². The molecule has 0 bridgehead atoms. The van der Waals surface area contributed by atoms with Crippen LogP contribution in [-0.2, 0) is 36.6 Å². The van der Waals surface area contributed by atoms with E-state index in [1.165, 1.54) is 0 Å². The number of carbonyl (C=O) groups excluding carboxylic acids is 1. The highest BCUT2D eigenvalue weighted by Crippen LogP contribution is 2.30. The summed E-state index contributed by atoms with van der Waals surface area (Å²) in [7, 11) is -1.26. The van der Waals surface area contributed by atoms with Crippen LogP contribution in [0.5, 0.6) is 0 Å². The molecule has 0 radical (unpaired) electrons. The molecule has 0 saturated carbocycles. The number of aromatic nitrogens is 2. The van der Waals surface area contributed by atoms with E-state index in [0.29, 0.717) is 25.1 Å². The van der Waals surface area contributed by atoms with Crippen molar-refractivity contribution in [1.82, 2.24) is 19.2 Å². The molecule has 1 aliphatic heterocycles. The standard InChI is InChI=1S/C25H26N4O3S/c1-16-22(14-27-33(3,31)32)19-10-11-29(15-18(19)13-26-16)25(30)17-8-9-24-21(12-17)20-6-4-5-7-23(20)28(24)2/h4-9,12-13,27H,10-11,14-15H2,1-3H3. The van der Waals surface area contributed by atoms with E-state index in [9.17, 15) is 13.2 Å². The average molecular weight is 463 g/mol. The molecule has 0 fully saturated rings. The number of nitrogens with zero attached hydrogens (tertiary/aromatic N) is 3. The molecule has 2 aromatic heterocycles. The molecule has 1 N–H and O–H groups in total. The lowest BCUT2D eigenvalue weighted by Gasteiger charge is -2.30. The van der Waals surface area contributed by atoms with Crippen LogP contribution >= 0.6 is 0 Å². The van der Waals surface area contributed by atoms with Gasteiger partial charge in [0.2, 0.25) is 10.0 Å². The Morgan fingerprint density at radius 2 is 1.88 bits per heavy atom. The Balaban J connectivity index is 1.45. The Hall–Kier alpha value is -3.23. The molecule has 0 aliphatic carbocycles. The lowest BCUT2D eigenvalue weighted by Crippen LogP contribution is -2.37. The van der Waals surface area contributed by atoms with Gasteiger partial charge in [-0.25, -0.2) is 13.1 Å². The highest BCUT2D eigenvalue weighted by Gasteiger charge is 2.25. The SMILES string of the molecule is Cc1ncc2c(c1CNS(C)(=O)=O)CCN(C(=O)c1ccc3c(c1)c1ccccc1n3C)C2. The van der Waals surface area contributed by atoms with Crippen LogP contribution in [0.1, 0.15) is 32.7 Å². The first-order valence-corrected chi connectivity index (χ1v) is 12.8. The van der Waals surface area contributed by atoms with Gasteiger partial charge < -0.3 is 9.47 Å². The van der Waals surface area contributed by atoms with E-state index in [-0.39, 0.29) is 12.5 Å². The van der Waals surface area contributed by atoms with Crippen molar-refractivity contribution in [3.05, 3.63) is 76.6 Å². The molecule has 0 atom stereocenters. The van der Waals surface area contributed by atoms with Gasteiger partial charge in [0.1, 0.15) is 0 Å². The molecule has 2 aromatic carbocycles. The third-order valence-electron chi connectivity index (χ3n) is 6.55. The van der Waals surface area contributed by atoms with Crippen molar-refractivity contribution in [1.29, 1.82) is 0 Å². The maximum Gasteiger partial charge on any atom is 0.254 e. The molecule has 4 aromatic rings. The minimum absolute atomic E-state index is 0.00753. The van der Waals surface area contributed by atoms with Crippen LogP contribution in [0, 0.1) is 6.92 Å². The highest BCUT2D eigenvalue weighted by atomic mass is 32.2. The number of pyridine rings is 1. The van der Waals surface area contributed by atoms with Crippen molar-refractivity contribution in [2.75, 3.05) is 12.8 Å². The molecule has 0 spiro atoms. The molecule has 170 valence electrons.